The first kappa shape index (κ1) is 23.5. The zero-order chi connectivity index (χ0) is 24.2. The van der Waals surface area contributed by atoms with E-state index in [1.165, 1.54) is 5.69 Å². The summed E-state index contributed by atoms with van der Waals surface area (Å²) in [6.07, 6.45) is 5.98. The molecule has 1 aliphatic carbocycles. The Morgan fingerprint density at radius 2 is 1.94 bits per heavy atom. The molecule has 34 heavy (non-hydrogen) atoms. The highest BCUT2D eigenvalue weighted by atomic mass is 35.5. The summed E-state index contributed by atoms with van der Waals surface area (Å²) < 4.78 is 2.05. The van der Waals surface area contributed by atoms with E-state index in [1.807, 2.05) is 28.8 Å². The molecule has 0 bridgehead atoms. The quantitative estimate of drug-likeness (QED) is 0.616. The molecule has 4 atom stereocenters. The van der Waals surface area contributed by atoms with Crippen molar-refractivity contribution in [3.63, 3.8) is 0 Å². The predicted molar refractivity (Wildman–Crippen MR) is 132 cm³/mol. The van der Waals surface area contributed by atoms with Crippen molar-refractivity contribution < 1.29 is 9.59 Å². The summed E-state index contributed by atoms with van der Waals surface area (Å²) in [5, 5.41) is 13.8. The monoisotopic (exact) mass is 498 g/mol. The zero-order valence-electron chi connectivity index (χ0n) is 19.8. The van der Waals surface area contributed by atoms with Crippen LogP contribution < -0.4 is 10.7 Å². The summed E-state index contributed by atoms with van der Waals surface area (Å²) in [5.41, 5.74) is 3.06. The summed E-state index contributed by atoms with van der Waals surface area (Å²) in [5.74, 6) is 1.33. The maximum Gasteiger partial charge on any atom is 0.228 e. The van der Waals surface area contributed by atoms with E-state index in [0.29, 0.717) is 22.7 Å². The van der Waals surface area contributed by atoms with Crippen LogP contribution in [0.4, 0.5) is 5.82 Å². The second kappa shape index (κ2) is 8.77. The number of halogens is 1. The van der Waals surface area contributed by atoms with Crippen LogP contribution >= 0.6 is 11.6 Å². The first-order valence-corrected chi connectivity index (χ1v) is 13.4. The van der Waals surface area contributed by atoms with E-state index in [9.17, 15) is 9.59 Å². The van der Waals surface area contributed by atoms with Gasteiger partial charge in [-0.3, -0.25) is 14.3 Å². The van der Waals surface area contributed by atoms with Crippen LogP contribution in [-0.4, -0.2) is 54.2 Å². The molecule has 3 N–H and O–H groups in total. The maximum absolute atomic E-state index is 13.1. The van der Waals surface area contributed by atoms with E-state index < -0.39 is 0 Å². The van der Waals surface area contributed by atoms with Crippen LogP contribution in [0.2, 0.25) is 10.6 Å². The number of carbonyl (C=O) groups excluding carboxylic acids is 2. The van der Waals surface area contributed by atoms with Crippen molar-refractivity contribution in [1.82, 2.24) is 19.7 Å². The first-order chi connectivity index (χ1) is 16.1. The molecule has 2 aliphatic heterocycles. The van der Waals surface area contributed by atoms with Gasteiger partial charge in [-0.1, -0.05) is 32.4 Å². The van der Waals surface area contributed by atoms with Crippen LogP contribution in [0, 0.1) is 23.2 Å². The van der Waals surface area contributed by atoms with E-state index in [4.69, 9.17) is 17.0 Å². The van der Waals surface area contributed by atoms with Gasteiger partial charge in [-0.05, 0) is 42.6 Å². The number of pyridine rings is 1. The molecule has 0 spiro atoms. The molecule has 0 aromatic carbocycles. The minimum Gasteiger partial charge on any atom is -0.352 e. The Morgan fingerprint density at radius 3 is 2.62 bits per heavy atom. The second-order valence-corrected chi connectivity index (χ2v) is 12.5. The largest absolute Gasteiger partial charge is 0.352 e. The maximum atomic E-state index is 13.1. The fourth-order valence-electron chi connectivity index (χ4n) is 5.85. The third kappa shape index (κ3) is 4.29. The molecular formula is C24H31ClN6O2Si. The molecule has 1 saturated heterocycles. The van der Waals surface area contributed by atoms with E-state index in [-0.39, 0.29) is 38.4 Å². The summed E-state index contributed by atoms with van der Waals surface area (Å²) in [6, 6.07) is 1.86. The normalized spacial score (nSPS) is 25.8. The number of hydrogen-bond donors (Lipinski definition) is 2. The fourth-order valence-corrected chi connectivity index (χ4v) is 6.38. The van der Waals surface area contributed by atoms with Gasteiger partial charge in [0.05, 0.1) is 11.2 Å². The molecule has 3 aliphatic rings. The van der Waals surface area contributed by atoms with Gasteiger partial charge in [0.15, 0.2) is 0 Å². The smallest absolute Gasteiger partial charge is 0.228 e. The molecule has 10 heteroatoms. The Labute approximate surface area is 207 Å². The Balaban J connectivity index is 1.25. The van der Waals surface area contributed by atoms with Crippen molar-refractivity contribution in [3.8, 4) is 11.1 Å². The number of fused-ring (bicyclic) bond motifs is 2. The summed E-state index contributed by atoms with van der Waals surface area (Å²) in [4.78, 5) is 31.9. The van der Waals surface area contributed by atoms with Gasteiger partial charge in [-0.25, -0.2) is 4.98 Å². The lowest BCUT2D eigenvalue weighted by atomic mass is 9.89. The summed E-state index contributed by atoms with van der Waals surface area (Å²) in [7, 11) is 0.128. The molecule has 5 rings (SSSR count). The topological polar surface area (TPSA) is 106 Å². The lowest BCUT2D eigenvalue weighted by molar-refractivity contribution is -0.130. The van der Waals surface area contributed by atoms with Gasteiger partial charge in [0.1, 0.15) is 15.5 Å². The summed E-state index contributed by atoms with van der Waals surface area (Å²) in [6.45, 7) is 8.70. The Morgan fingerprint density at radius 1 is 1.24 bits per heavy atom. The van der Waals surface area contributed by atoms with Gasteiger partial charge < -0.3 is 15.6 Å². The first-order valence-electron chi connectivity index (χ1n) is 11.9. The highest BCUT2D eigenvalue weighted by Gasteiger charge is 2.45. The molecule has 4 heterocycles. The zero-order valence-corrected chi connectivity index (χ0v) is 21.6. The van der Waals surface area contributed by atoms with Crippen molar-refractivity contribution in [2.45, 2.75) is 52.1 Å². The third-order valence-electron chi connectivity index (χ3n) is 7.62. The average molecular weight is 499 g/mol. The van der Waals surface area contributed by atoms with Crippen molar-refractivity contribution in [3.05, 3.63) is 29.2 Å². The highest BCUT2D eigenvalue weighted by molar-refractivity contribution is 6.40. The lowest BCUT2D eigenvalue weighted by Crippen LogP contribution is -2.36. The number of amides is 2. The number of nitrogens with zero attached hydrogens (tertiary/aromatic N) is 4. The summed E-state index contributed by atoms with van der Waals surface area (Å²) >= 11 is 6.51. The van der Waals surface area contributed by atoms with Crippen molar-refractivity contribution in [2.75, 3.05) is 18.4 Å². The number of nitrogens with one attached hydrogen (secondary N) is 1. The Bertz CT molecular complexity index is 1120. The van der Waals surface area contributed by atoms with Gasteiger partial charge in [0, 0.05) is 54.1 Å². The van der Waals surface area contributed by atoms with Crippen LogP contribution in [0.15, 0.2) is 18.5 Å². The minimum atomic E-state index is -0.119. The van der Waals surface area contributed by atoms with Crippen LogP contribution in [-0.2, 0) is 22.6 Å². The van der Waals surface area contributed by atoms with E-state index in [0.717, 1.165) is 50.0 Å². The van der Waals surface area contributed by atoms with Crippen molar-refractivity contribution in [1.29, 1.82) is 0 Å². The van der Waals surface area contributed by atoms with Crippen molar-refractivity contribution >= 4 is 38.9 Å². The van der Waals surface area contributed by atoms with E-state index >= 15 is 0 Å². The number of nitrogens with two attached hydrogens (primary N) is 1. The number of carbonyl (C=O) groups is 2. The average Bonchev–Trinajstić information content (AvgIpc) is 3.52. The van der Waals surface area contributed by atoms with Gasteiger partial charge in [-0.2, -0.15) is 5.10 Å². The van der Waals surface area contributed by atoms with Crippen LogP contribution in [0.25, 0.3) is 11.1 Å². The number of aromatic nitrogens is 3. The van der Waals surface area contributed by atoms with Gasteiger partial charge in [0.25, 0.3) is 0 Å². The molecule has 2 radical (unpaired) electrons. The predicted octanol–water partition coefficient (Wildman–Crippen LogP) is 2.99. The number of rotatable bonds is 5. The molecular weight excluding hydrogens is 468 g/mol. The fraction of sp³-hybridized carbons (Fsp3) is 0.583. The number of anilines is 1. The molecule has 180 valence electrons. The molecule has 2 aromatic heterocycles. The molecule has 2 aromatic rings. The lowest BCUT2D eigenvalue weighted by Gasteiger charge is -2.21. The van der Waals surface area contributed by atoms with Gasteiger partial charge in [-0.15, -0.1) is 0 Å². The second-order valence-electron chi connectivity index (χ2n) is 10.9. The molecule has 8 nitrogen and oxygen atoms in total. The van der Waals surface area contributed by atoms with Crippen molar-refractivity contribution in [2.24, 2.45) is 28.6 Å². The molecule has 1 unspecified atom stereocenters. The molecule has 1 saturated carbocycles. The van der Waals surface area contributed by atoms with Gasteiger partial charge in [0.2, 0.25) is 11.8 Å². The van der Waals surface area contributed by atoms with Crippen LogP contribution in [0.3, 0.4) is 0 Å². The third-order valence-corrected chi connectivity index (χ3v) is 8.67. The number of likely N-dealkylation sites (tertiary alicyclic amines) is 1. The minimum absolute atomic E-state index is 0.00812. The van der Waals surface area contributed by atoms with E-state index in [2.05, 4.69) is 29.2 Å². The molecule has 2 fully saturated rings. The molecule has 2 amide bonds. The van der Waals surface area contributed by atoms with Crippen LogP contribution in [0.1, 0.15) is 39.3 Å². The van der Waals surface area contributed by atoms with Crippen LogP contribution in [0.5, 0.6) is 0 Å². The van der Waals surface area contributed by atoms with Gasteiger partial charge >= 0.3 is 0 Å². The standard InChI is InChI=1S/C24H31ClN6O2Si/c1-13(34-26)23(33)30-10-15-4-14(5-16(15)11-30)22(32)29-21-6-17(19(25)9-27-21)18-8-28-31-12-24(2,3)7-20(18)31/h6,8-9,13-16H,4-5,7,10-12,26H2,1-3H3,(H,27,29,32)/t13-,14?,15-,16+/m0/s1. The SMILES string of the molecule is C[C@H]([Si]N)C(=O)N1C[C@H]2CC(C(=O)Nc3cc(-c4cnn5c4CC(C)(C)C5)c(Cl)cn3)C[C@H]2C1. The number of hydrogen-bond acceptors (Lipinski definition) is 5. The Hall–Kier alpha value is -2.23. The Kier molecular flexibility index (Phi) is 6.06. The highest BCUT2D eigenvalue weighted by Crippen LogP contribution is 2.43. The van der Waals surface area contributed by atoms with E-state index in [1.54, 1.807) is 6.20 Å².